The van der Waals surface area contributed by atoms with Crippen molar-refractivity contribution in [2.45, 2.75) is 6.92 Å². The van der Waals surface area contributed by atoms with Crippen LogP contribution in [0.1, 0.15) is 11.3 Å². The van der Waals surface area contributed by atoms with E-state index in [-0.39, 0.29) is 11.6 Å². The van der Waals surface area contributed by atoms with Gasteiger partial charge in [0.1, 0.15) is 15.8 Å². The number of aryl methyl sites for hydroxylation is 1. The third-order valence-corrected chi connectivity index (χ3v) is 5.05. The summed E-state index contributed by atoms with van der Waals surface area (Å²) in [6.07, 6.45) is 1.64. The van der Waals surface area contributed by atoms with Crippen molar-refractivity contribution in [2.24, 2.45) is 0 Å². The maximum absolute atomic E-state index is 12.0. The highest BCUT2D eigenvalue weighted by Crippen LogP contribution is 2.33. The number of amides is 1. The molecular formula is C16H12N2O4S2. The van der Waals surface area contributed by atoms with Gasteiger partial charge in [0.15, 0.2) is 0 Å². The first-order valence-corrected chi connectivity index (χ1v) is 8.16. The lowest BCUT2D eigenvalue weighted by Crippen LogP contribution is -2.22. The number of thiocarbonyl (C=S) groups is 1. The predicted molar refractivity (Wildman–Crippen MR) is 96.5 cm³/mol. The van der Waals surface area contributed by atoms with Crippen molar-refractivity contribution in [1.29, 1.82) is 0 Å². The summed E-state index contributed by atoms with van der Waals surface area (Å²) in [6, 6.07) is 8.30. The third kappa shape index (κ3) is 2.98. The van der Waals surface area contributed by atoms with Crippen molar-refractivity contribution in [3.05, 3.63) is 56.7 Å². The van der Waals surface area contributed by atoms with Crippen LogP contribution < -0.4 is 0 Å². The van der Waals surface area contributed by atoms with Crippen molar-refractivity contribution >= 4 is 46.0 Å². The Balaban J connectivity index is 1.89. The van der Waals surface area contributed by atoms with E-state index in [4.69, 9.17) is 16.6 Å². The number of furan rings is 1. The Hall–Kier alpha value is -2.45. The molecule has 1 fully saturated rings. The van der Waals surface area contributed by atoms with Gasteiger partial charge in [-0.25, -0.2) is 0 Å². The highest BCUT2D eigenvalue weighted by Gasteiger charge is 2.29. The van der Waals surface area contributed by atoms with Crippen molar-refractivity contribution in [3.63, 3.8) is 0 Å². The summed E-state index contributed by atoms with van der Waals surface area (Å²) in [6.45, 7) is 1.68. The van der Waals surface area contributed by atoms with Crippen LogP contribution in [0.3, 0.4) is 0 Å². The quantitative estimate of drug-likeness (QED) is 0.356. The molecule has 1 aromatic carbocycles. The number of carbonyl (C=O) groups is 1. The Morgan fingerprint density at radius 3 is 2.67 bits per heavy atom. The molecule has 0 radical (unpaired) electrons. The van der Waals surface area contributed by atoms with E-state index in [1.807, 2.05) is 0 Å². The Kier molecular flexibility index (Phi) is 4.25. The molecule has 0 spiro atoms. The van der Waals surface area contributed by atoms with E-state index in [0.717, 1.165) is 5.56 Å². The number of thioether (sulfide) groups is 1. The van der Waals surface area contributed by atoms with Crippen LogP contribution in [0.25, 0.3) is 17.4 Å². The Morgan fingerprint density at radius 1 is 1.33 bits per heavy atom. The number of carbonyl (C=O) groups excluding carboxylic acids is 1. The second kappa shape index (κ2) is 6.21. The monoisotopic (exact) mass is 360 g/mol. The minimum absolute atomic E-state index is 0.0668. The van der Waals surface area contributed by atoms with Gasteiger partial charge >= 0.3 is 0 Å². The first-order chi connectivity index (χ1) is 11.4. The van der Waals surface area contributed by atoms with E-state index in [0.29, 0.717) is 26.3 Å². The summed E-state index contributed by atoms with van der Waals surface area (Å²) < 4.78 is 6.24. The predicted octanol–water partition coefficient (Wildman–Crippen LogP) is 3.99. The molecular weight excluding hydrogens is 348 g/mol. The van der Waals surface area contributed by atoms with E-state index in [9.17, 15) is 14.9 Å². The van der Waals surface area contributed by atoms with Crippen molar-refractivity contribution in [3.8, 4) is 11.3 Å². The standard InChI is InChI=1S/C16H12N2O4S2/c1-9-7-10(3-5-12(9)18(20)21)13-6-4-11(22-13)8-14-15(19)17(2)16(23)24-14/h3-8H,1-2H3/b14-8-. The Labute approximate surface area is 147 Å². The normalized spacial score (nSPS) is 16.2. The van der Waals surface area contributed by atoms with Gasteiger partial charge in [-0.3, -0.25) is 19.8 Å². The van der Waals surface area contributed by atoms with Crippen LogP contribution in [0.4, 0.5) is 5.69 Å². The van der Waals surface area contributed by atoms with Crippen LogP contribution in [0.5, 0.6) is 0 Å². The largest absolute Gasteiger partial charge is 0.457 e. The second-order valence-corrected chi connectivity index (χ2v) is 6.88. The molecule has 1 aliphatic heterocycles. The molecule has 1 amide bonds. The first kappa shape index (κ1) is 16.4. The maximum atomic E-state index is 12.0. The molecule has 122 valence electrons. The van der Waals surface area contributed by atoms with Crippen LogP contribution in [-0.2, 0) is 4.79 Å². The number of likely N-dealkylation sites (N-methyl/N-ethyl adjacent to an activating group) is 1. The lowest BCUT2D eigenvalue weighted by molar-refractivity contribution is -0.385. The summed E-state index contributed by atoms with van der Waals surface area (Å²) in [7, 11) is 1.63. The molecule has 2 heterocycles. The summed E-state index contributed by atoms with van der Waals surface area (Å²) in [5.74, 6) is 0.940. The van der Waals surface area contributed by atoms with E-state index in [1.54, 1.807) is 44.3 Å². The summed E-state index contributed by atoms with van der Waals surface area (Å²) >= 11 is 6.31. The molecule has 0 saturated carbocycles. The summed E-state index contributed by atoms with van der Waals surface area (Å²) in [5.41, 5.74) is 1.36. The molecule has 1 aromatic heterocycles. The highest BCUT2D eigenvalue weighted by molar-refractivity contribution is 8.26. The SMILES string of the molecule is Cc1cc(-c2ccc(/C=C3\SC(=S)N(C)C3=O)o2)ccc1[N+](=O)[O-]. The molecule has 0 atom stereocenters. The lowest BCUT2D eigenvalue weighted by Gasteiger charge is -2.03. The van der Waals surface area contributed by atoms with Gasteiger partial charge in [-0.05, 0) is 31.2 Å². The molecule has 0 bridgehead atoms. The maximum Gasteiger partial charge on any atom is 0.272 e. The number of nitrogens with zero attached hydrogens (tertiary/aromatic N) is 2. The average molecular weight is 360 g/mol. The van der Waals surface area contributed by atoms with E-state index < -0.39 is 4.92 Å². The van der Waals surface area contributed by atoms with E-state index in [1.165, 1.54) is 22.7 Å². The minimum Gasteiger partial charge on any atom is -0.457 e. The topological polar surface area (TPSA) is 76.6 Å². The van der Waals surface area contributed by atoms with Gasteiger partial charge in [0.05, 0.1) is 9.83 Å². The number of rotatable bonds is 3. The van der Waals surface area contributed by atoms with Crippen LogP contribution in [0.2, 0.25) is 0 Å². The van der Waals surface area contributed by atoms with E-state index >= 15 is 0 Å². The van der Waals surface area contributed by atoms with Crippen molar-refractivity contribution in [1.82, 2.24) is 4.90 Å². The first-order valence-electron chi connectivity index (χ1n) is 6.93. The molecule has 1 saturated heterocycles. The fraction of sp³-hybridized carbons (Fsp3) is 0.125. The van der Waals surface area contributed by atoms with Gasteiger partial charge in [-0.1, -0.05) is 24.0 Å². The number of hydrogen-bond acceptors (Lipinski definition) is 6. The van der Waals surface area contributed by atoms with Gasteiger partial charge < -0.3 is 4.42 Å². The molecule has 6 nitrogen and oxygen atoms in total. The van der Waals surface area contributed by atoms with Crippen LogP contribution in [0, 0.1) is 17.0 Å². The second-order valence-electron chi connectivity index (χ2n) is 5.20. The fourth-order valence-corrected chi connectivity index (χ4v) is 3.43. The molecule has 8 heteroatoms. The van der Waals surface area contributed by atoms with Crippen LogP contribution in [-0.4, -0.2) is 27.1 Å². The van der Waals surface area contributed by atoms with Crippen molar-refractivity contribution < 1.29 is 14.1 Å². The van der Waals surface area contributed by atoms with Crippen LogP contribution in [0.15, 0.2) is 39.7 Å². The van der Waals surface area contributed by atoms with Gasteiger partial charge in [-0.15, -0.1) is 0 Å². The Morgan fingerprint density at radius 2 is 2.08 bits per heavy atom. The molecule has 24 heavy (non-hydrogen) atoms. The smallest absolute Gasteiger partial charge is 0.272 e. The molecule has 0 N–H and O–H groups in total. The zero-order valence-corrected chi connectivity index (χ0v) is 14.4. The van der Waals surface area contributed by atoms with Gasteiger partial charge in [-0.2, -0.15) is 0 Å². The number of nitro groups is 1. The zero-order valence-electron chi connectivity index (χ0n) is 12.8. The molecule has 1 aliphatic rings. The van der Waals surface area contributed by atoms with Gasteiger partial charge in [0.2, 0.25) is 0 Å². The fourth-order valence-electron chi connectivity index (χ4n) is 2.27. The van der Waals surface area contributed by atoms with E-state index in [2.05, 4.69) is 0 Å². The zero-order chi connectivity index (χ0) is 17.4. The molecule has 2 aromatic rings. The number of hydrogen-bond donors (Lipinski definition) is 0. The van der Waals surface area contributed by atoms with Gasteiger partial charge in [0, 0.05) is 30.3 Å². The molecule has 0 unspecified atom stereocenters. The summed E-state index contributed by atoms with van der Waals surface area (Å²) in [4.78, 5) is 24.4. The molecule has 0 aliphatic carbocycles. The number of nitro benzene ring substituents is 1. The van der Waals surface area contributed by atoms with Crippen LogP contribution >= 0.6 is 24.0 Å². The summed E-state index contributed by atoms with van der Waals surface area (Å²) in [5, 5.41) is 10.9. The van der Waals surface area contributed by atoms with Crippen molar-refractivity contribution in [2.75, 3.05) is 7.05 Å². The number of benzene rings is 1. The highest BCUT2D eigenvalue weighted by atomic mass is 32.2. The third-order valence-electron chi connectivity index (χ3n) is 3.56. The average Bonchev–Trinajstić information content (AvgIpc) is 3.09. The minimum atomic E-state index is -0.417. The molecule has 3 rings (SSSR count). The lowest BCUT2D eigenvalue weighted by atomic mass is 10.1. The Bertz CT molecular complexity index is 901. The van der Waals surface area contributed by atoms with Gasteiger partial charge in [0.25, 0.3) is 11.6 Å².